The predicted molar refractivity (Wildman–Crippen MR) is 56.4 cm³/mol. The molecule has 0 amide bonds. The third-order valence-electron chi connectivity index (χ3n) is 2.04. The molecule has 0 saturated carbocycles. The van der Waals surface area contributed by atoms with Gasteiger partial charge in [-0.15, -0.1) is 0 Å². The zero-order valence-corrected chi connectivity index (χ0v) is 8.56. The van der Waals surface area contributed by atoms with Gasteiger partial charge in [-0.3, -0.25) is 15.2 Å². The van der Waals surface area contributed by atoms with E-state index in [1.807, 2.05) is 12.3 Å². The minimum Gasteiger partial charge on any atom is -0.282 e. The van der Waals surface area contributed by atoms with Crippen molar-refractivity contribution in [2.24, 2.45) is 0 Å². The van der Waals surface area contributed by atoms with Crippen molar-refractivity contribution in [3.8, 4) is 11.4 Å². The van der Waals surface area contributed by atoms with Gasteiger partial charge in [0.1, 0.15) is 0 Å². The number of aromatic nitrogens is 4. The van der Waals surface area contributed by atoms with Crippen molar-refractivity contribution in [2.45, 2.75) is 13.3 Å². The summed E-state index contributed by atoms with van der Waals surface area (Å²) in [7, 11) is 0. The van der Waals surface area contributed by atoms with E-state index in [2.05, 4.69) is 27.1 Å². The number of H-pyrrole nitrogens is 2. The summed E-state index contributed by atoms with van der Waals surface area (Å²) < 4.78 is 0.471. The Balaban J connectivity index is 2.55. The maximum Gasteiger partial charge on any atom is 0.213 e. The molecule has 4 nitrogen and oxygen atoms in total. The van der Waals surface area contributed by atoms with Crippen molar-refractivity contribution in [1.29, 1.82) is 0 Å². The average molecular weight is 206 g/mol. The SMILES string of the molecule is CCc1cnccc1-c1nc(=S)[nH][nH]1. The second-order valence-corrected chi connectivity index (χ2v) is 3.29. The van der Waals surface area contributed by atoms with Crippen LogP contribution in [0.3, 0.4) is 0 Å². The van der Waals surface area contributed by atoms with Crippen LogP contribution in [0.5, 0.6) is 0 Å². The number of nitrogens with one attached hydrogen (secondary N) is 2. The van der Waals surface area contributed by atoms with E-state index in [4.69, 9.17) is 12.2 Å². The molecule has 0 unspecified atom stereocenters. The maximum atomic E-state index is 4.90. The molecule has 2 rings (SSSR count). The number of rotatable bonds is 2. The molecule has 0 spiro atoms. The van der Waals surface area contributed by atoms with Gasteiger partial charge in [-0.1, -0.05) is 6.92 Å². The van der Waals surface area contributed by atoms with Crippen LogP contribution < -0.4 is 0 Å². The summed E-state index contributed by atoms with van der Waals surface area (Å²) in [5.41, 5.74) is 2.21. The number of hydrogen-bond donors (Lipinski definition) is 2. The Morgan fingerprint density at radius 2 is 2.29 bits per heavy atom. The van der Waals surface area contributed by atoms with Crippen molar-refractivity contribution in [3.05, 3.63) is 28.8 Å². The predicted octanol–water partition coefficient (Wildman–Crippen LogP) is 2.09. The average Bonchev–Trinajstić information content (AvgIpc) is 2.65. The van der Waals surface area contributed by atoms with Crippen molar-refractivity contribution >= 4 is 12.2 Å². The highest BCUT2D eigenvalue weighted by Gasteiger charge is 2.05. The van der Waals surface area contributed by atoms with Gasteiger partial charge in [0.2, 0.25) is 4.77 Å². The Morgan fingerprint density at radius 1 is 1.43 bits per heavy atom. The van der Waals surface area contributed by atoms with E-state index in [1.165, 1.54) is 0 Å². The van der Waals surface area contributed by atoms with Crippen LogP contribution in [0.15, 0.2) is 18.5 Å². The van der Waals surface area contributed by atoms with Gasteiger partial charge in [-0.25, -0.2) is 0 Å². The van der Waals surface area contributed by atoms with Crippen molar-refractivity contribution in [1.82, 2.24) is 20.2 Å². The normalized spacial score (nSPS) is 10.4. The second-order valence-electron chi connectivity index (χ2n) is 2.90. The molecule has 14 heavy (non-hydrogen) atoms. The molecule has 0 aliphatic rings. The Bertz CT molecular complexity index is 485. The molecule has 72 valence electrons. The lowest BCUT2D eigenvalue weighted by Gasteiger charge is -2.02. The van der Waals surface area contributed by atoms with Gasteiger partial charge in [-0.05, 0) is 30.3 Å². The van der Waals surface area contributed by atoms with E-state index in [1.54, 1.807) is 6.20 Å². The fourth-order valence-electron chi connectivity index (χ4n) is 1.34. The van der Waals surface area contributed by atoms with Crippen LogP contribution in [-0.4, -0.2) is 20.2 Å². The van der Waals surface area contributed by atoms with Gasteiger partial charge < -0.3 is 0 Å². The number of hydrogen-bond acceptors (Lipinski definition) is 3. The van der Waals surface area contributed by atoms with Crippen LogP contribution in [0, 0.1) is 4.77 Å². The Morgan fingerprint density at radius 3 is 2.93 bits per heavy atom. The van der Waals surface area contributed by atoms with Crippen molar-refractivity contribution in [3.63, 3.8) is 0 Å². The molecule has 0 aromatic carbocycles. The molecule has 5 heteroatoms. The topological polar surface area (TPSA) is 57.4 Å². The van der Waals surface area contributed by atoms with E-state index < -0.39 is 0 Å². The smallest absolute Gasteiger partial charge is 0.213 e. The summed E-state index contributed by atoms with van der Waals surface area (Å²) >= 11 is 4.90. The lowest BCUT2D eigenvalue weighted by atomic mass is 10.1. The van der Waals surface area contributed by atoms with Gasteiger partial charge in [0.15, 0.2) is 5.82 Å². The molecular formula is C9H10N4S. The van der Waals surface area contributed by atoms with Gasteiger partial charge in [0.25, 0.3) is 0 Å². The Kier molecular flexibility index (Phi) is 2.41. The van der Waals surface area contributed by atoms with Crippen LogP contribution in [0.4, 0.5) is 0 Å². The summed E-state index contributed by atoms with van der Waals surface area (Å²) in [6.45, 7) is 2.09. The highest BCUT2D eigenvalue weighted by atomic mass is 32.1. The van der Waals surface area contributed by atoms with Crippen molar-refractivity contribution < 1.29 is 0 Å². The summed E-state index contributed by atoms with van der Waals surface area (Å²) in [6.07, 6.45) is 4.53. The van der Waals surface area contributed by atoms with E-state index in [0.29, 0.717) is 4.77 Å². The zero-order valence-electron chi connectivity index (χ0n) is 7.74. The molecule has 0 fully saturated rings. The first-order chi connectivity index (χ1) is 6.81. The zero-order chi connectivity index (χ0) is 9.97. The van der Waals surface area contributed by atoms with Crippen LogP contribution in [0.2, 0.25) is 0 Å². The van der Waals surface area contributed by atoms with E-state index >= 15 is 0 Å². The lowest BCUT2D eigenvalue weighted by Crippen LogP contribution is -1.90. The number of pyridine rings is 1. The first-order valence-corrected chi connectivity index (χ1v) is 4.80. The minimum absolute atomic E-state index is 0.471. The van der Waals surface area contributed by atoms with Crippen LogP contribution >= 0.6 is 12.2 Å². The van der Waals surface area contributed by atoms with E-state index in [9.17, 15) is 0 Å². The lowest BCUT2D eigenvalue weighted by molar-refractivity contribution is 1.06. The summed E-state index contributed by atoms with van der Waals surface area (Å²) in [5.74, 6) is 0.772. The van der Waals surface area contributed by atoms with Crippen LogP contribution in [0.1, 0.15) is 12.5 Å². The van der Waals surface area contributed by atoms with Gasteiger partial charge in [0, 0.05) is 18.0 Å². The van der Waals surface area contributed by atoms with Crippen LogP contribution in [-0.2, 0) is 6.42 Å². The molecule has 2 N–H and O–H groups in total. The van der Waals surface area contributed by atoms with Gasteiger partial charge >= 0.3 is 0 Å². The molecule has 0 bridgehead atoms. The third-order valence-corrected chi connectivity index (χ3v) is 2.23. The molecular weight excluding hydrogens is 196 g/mol. The monoisotopic (exact) mass is 206 g/mol. The van der Waals surface area contributed by atoms with Gasteiger partial charge in [-0.2, -0.15) is 4.98 Å². The van der Waals surface area contributed by atoms with Crippen LogP contribution in [0.25, 0.3) is 11.4 Å². The van der Waals surface area contributed by atoms with E-state index in [0.717, 1.165) is 23.4 Å². The molecule has 2 heterocycles. The number of aromatic amines is 2. The minimum atomic E-state index is 0.471. The quantitative estimate of drug-likeness (QED) is 0.740. The first kappa shape index (κ1) is 9.08. The summed E-state index contributed by atoms with van der Waals surface area (Å²) in [5, 5.41) is 5.71. The Labute approximate surface area is 86.4 Å². The summed E-state index contributed by atoms with van der Waals surface area (Å²) in [6, 6.07) is 1.93. The number of aryl methyl sites for hydroxylation is 1. The molecule has 2 aromatic rings. The molecule has 0 radical (unpaired) electrons. The summed E-state index contributed by atoms with van der Waals surface area (Å²) in [4.78, 5) is 8.24. The standard InChI is InChI=1S/C9H10N4S/c1-2-6-5-10-4-3-7(6)8-11-9(14)13-12-8/h3-5H,2H2,1H3,(H2,11,12,13,14). The third kappa shape index (κ3) is 1.58. The molecule has 0 atom stereocenters. The highest BCUT2D eigenvalue weighted by Crippen LogP contribution is 2.18. The fraction of sp³-hybridized carbons (Fsp3) is 0.222. The first-order valence-electron chi connectivity index (χ1n) is 4.39. The molecule has 2 aromatic heterocycles. The number of nitrogens with zero attached hydrogens (tertiary/aromatic N) is 2. The van der Waals surface area contributed by atoms with Gasteiger partial charge in [0.05, 0.1) is 0 Å². The molecule has 0 saturated heterocycles. The molecule has 0 aliphatic carbocycles. The molecule has 0 aliphatic heterocycles. The largest absolute Gasteiger partial charge is 0.282 e. The second kappa shape index (κ2) is 3.71. The highest BCUT2D eigenvalue weighted by molar-refractivity contribution is 7.71. The fourth-order valence-corrected chi connectivity index (χ4v) is 1.48. The Hall–Kier alpha value is -1.49. The van der Waals surface area contributed by atoms with Crippen molar-refractivity contribution in [2.75, 3.05) is 0 Å². The van der Waals surface area contributed by atoms with E-state index in [-0.39, 0.29) is 0 Å². The maximum absolute atomic E-state index is 4.90.